The molecular weight excluding hydrogens is 312 g/mol. The summed E-state index contributed by atoms with van der Waals surface area (Å²) in [5, 5.41) is 13.7. The Morgan fingerprint density at radius 3 is 2.59 bits per heavy atom. The van der Waals surface area contributed by atoms with E-state index in [9.17, 15) is 24.5 Å². The van der Waals surface area contributed by atoms with Crippen molar-refractivity contribution in [1.82, 2.24) is 5.32 Å². The fraction of sp³-hybridized carbons (Fsp3) is 0.357. The topological polar surface area (TPSA) is 106 Å². The summed E-state index contributed by atoms with van der Waals surface area (Å²) >= 11 is 5.68. The van der Waals surface area contributed by atoms with Gasteiger partial charge in [0.1, 0.15) is 0 Å². The summed E-state index contributed by atoms with van der Waals surface area (Å²) in [7, 11) is 0. The van der Waals surface area contributed by atoms with Gasteiger partial charge in [-0.3, -0.25) is 24.5 Å². The number of nitrogens with one attached hydrogen (secondary N) is 1. The Morgan fingerprint density at radius 2 is 2.05 bits per heavy atom. The Kier molecular flexibility index (Phi) is 4.02. The first-order valence-electron chi connectivity index (χ1n) is 6.45. The van der Waals surface area contributed by atoms with Crippen LogP contribution in [-0.2, 0) is 9.59 Å². The van der Waals surface area contributed by atoms with Gasteiger partial charge < -0.3 is 5.32 Å². The van der Waals surface area contributed by atoms with Crippen molar-refractivity contribution < 1.29 is 19.3 Å². The number of carbonyl (C=O) groups is 3. The van der Waals surface area contributed by atoms with Gasteiger partial charge in [0.15, 0.2) is 17.5 Å². The van der Waals surface area contributed by atoms with Crippen LogP contribution < -0.4 is 5.32 Å². The number of hydrogen-bond donors (Lipinski definition) is 1. The molecule has 1 fully saturated rings. The fourth-order valence-corrected chi connectivity index (χ4v) is 2.59. The van der Waals surface area contributed by atoms with E-state index in [1.165, 1.54) is 6.07 Å². The second-order valence-corrected chi connectivity index (χ2v) is 6.17. The number of rotatable bonds is 3. The van der Waals surface area contributed by atoms with Crippen LogP contribution in [0.2, 0.25) is 5.02 Å². The summed E-state index contributed by atoms with van der Waals surface area (Å²) in [6, 6.07) is 3.48. The van der Waals surface area contributed by atoms with Crippen LogP contribution >= 0.6 is 11.6 Å². The molecule has 116 valence electrons. The average Bonchev–Trinajstić information content (AvgIpc) is 2.35. The van der Waals surface area contributed by atoms with Crippen LogP contribution in [0.15, 0.2) is 18.2 Å². The molecule has 0 aromatic heterocycles. The smallest absolute Gasteiger partial charge is 0.281 e. The summed E-state index contributed by atoms with van der Waals surface area (Å²) in [5.74, 6) is -3.74. The molecule has 1 unspecified atom stereocenters. The zero-order valence-electron chi connectivity index (χ0n) is 11.9. The Bertz CT molecular complexity index is 678. The minimum atomic E-state index is -1.56. The van der Waals surface area contributed by atoms with E-state index in [1.54, 1.807) is 13.8 Å². The molecule has 1 aromatic carbocycles. The highest BCUT2D eigenvalue weighted by Crippen LogP contribution is 2.29. The number of nitro benzene ring substituents is 1. The van der Waals surface area contributed by atoms with Gasteiger partial charge in [0.2, 0.25) is 5.91 Å². The Morgan fingerprint density at radius 1 is 1.41 bits per heavy atom. The number of carbonyl (C=O) groups excluding carboxylic acids is 3. The number of amides is 1. The lowest BCUT2D eigenvalue weighted by Crippen LogP contribution is -2.56. The second-order valence-electron chi connectivity index (χ2n) is 5.73. The highest BCUT2D eigenvalue weighted by Gasteiger charge is 2.44. The van der Waals surface area contributed by atoms with Gasteiger partial charge >= 0.3 is 0 Å². The molecule has 0 spiro atoms. The molecule has 7 nitrogen and oxygen atoms in total. The Labute approximate surface area is 130 Å². The summed E-state index contributed by atoms with van der Waals surface area (Å²) in [6.45, 7) is 3.32. The van der Waals surface area contributed by atoms with Gasteiger partial charge in [-0.1, -0.05) is 11.6 Å². The molecule has 0 aliphatic carbocycles. The molecule has 1 N–H and O–H groups in total. The molecule has 1 aliphatic heterocycles. The van der Waals surface area contributed by atoms with E-state index in [0.717, 1.165) is 12.1 Å². The van der Waals surface area contributed by atoms with Crippen molar-refractivity contribution in [1.29, 1.82) is 0 Å². The Balaban J connectivity index is 2.43. The summed E-state index contributed by atoms with van der Waals surface area (Å²) in [6.07, 6.45) is -0.0173. The minimum Gasteiger partial charge on any atom is -0.350 e. The van der Waals surface area contributed by atoms with E-state index in [1.807, 2.05) is 0 Å². The average molecular weight is 325 g/mol. The number of ketones is 2. The standard InChI is InChI=1S/C14H13ClN2O5/c1-14(2)6-10(18)11(13(20)16-14)12(19)8-4-3-7(15)5-9(8)17(21)22/h3-5,11H,6H2,1-2H3,(H,16,20). The number of nitro groups is 1. The highest BCUT2D eigenvalue weighted by atomic mass is 35.5. The first-order chi connectivity index (χ1) is 10.1. The molecule has 1 amide bonds. The van der Waals surface area contributed by atoms with Gasteiger partial charge in [-0.15, -0.1) is 0 Å². The number of hydrogen-bond acceptors (Lipinski definition) is 5. The lowest BCUT2D eigenvalue weighted by Gasteiger charge is -2.33. The molecule has 0 radical (unpaired) electrons. The van der Waals surface area contributed by atoms with Crippen molar-refractivity contribution in [2.45, 2.75) is 25.8 Å². The molecule has 8 heteroatoms. The maximum Gasteiger partial charge on any atom is 0.281 e. The molecule has 0 bridgehead atoms. The summed E-state index contributed by atoms with van der Waals surface area (Å²) in [5.41, 5.74) is -1.57. The lowest BCUT2D eigenvalue weighted by atomic mass is 9.81. The predicted molar refractivity (Wildman–Crippen MR) is 77.8 cm³/mol. The minimum absolute atomic E-state index is 0.0173. The fourth-order valence-electron chi connectivity index (χ4n) is 2.42. The van der Waals surface area contributed by atoms with Crippen molar-refractivity contribution in [3.63, 3.8) is 0 Å². The van der Waals surface area contributed by atoms with Crippen molar-refractivity contribution in [3.05, 3.63) is 38.9 Å². The molecule has 22 heavy (non-hydrogen) atoms. The molecule has 2 rings (SSSR count). The number of halogens is 1. The quantitative estimate of drug-likeness (QED) is 0.395. The zero-order chi connectivity index (χ0) is 16.7. The maximum atomic E-state index is 12.4. The van der Waals surface area contributed by atoms with Crippen molar-refractivity contribution >= 4 is 34.8 Å². The van der Waals surface area contributed by atoms with Crippen LogP contribution in [0.4, 0.5) is 5.69 Å². The predicted octanol–water partition coefficient (Wildman–Crippen LogP) is 1.91. The van der Waals surface area contributed by atoms with Crippen LogP contribution in [0.3, 0.4) is 0 Å². The van der Waals surface area contributed by atoms with E-state index >= 15 is 0 Å². The second kappa shape index (κ2) is 5.49. The van der Waals surface area contributed by atoms with Gasteiger partial charge in [0.25, 0.3) is 5.69 Å². The molecular formula is C14H13ClN2O5. The zero-order valence-corrected chi connectivity index (χ0v) is 12.6. The van der Waals surface area contributed by atoms with E-state index < -0.39 is 39.5 Å². The Hall–Kier alpha value is -2.28. The van der Waals surface area contributed by atoms with E-state index in [4.69, 9.17) is 11.6 Å². The van der Waals surface area contributed by atoms with Crippen LogP contribution in [-0.4, -0.2) is 27.9 Å². The normalized spacial score (nSPS) is 20.4. The van der Waals surface area contributed by atoms with Gasteiger partial charge in [0.05, 0.1) is 10.5 Å². The van der Waals surface area contributed by atoms with Crippen molar-refractivity contribution in [2.75, 3.05) is 0 Å². The van der Waals surface area contributed by atoms with Crippen LogP contribution in [0.1, 0.15) is 30.6 Å². The summed E-state index contributed by atoms with van der Waals surface area (Å²) < 4.78 is 0. The third-order valence-electron chi connectivity index (χ3n) is 3.35. The van der Waals surface area contributed by atoms with Gasteiger partial charge in [-0.25, -0.2) is 0 Å². The molecule has 0 saturated carbocycles. The van der Waals surface area contributed by atoms with Crippen LogP contribution in [0.25, 0.3) is 0 Å². The number of nitrogens with zero attached hydrogens (tertiary/aromatic N) is 1. The number of benzene rings is 1. The maximum absolute atomic E-state index is 12.4. The SMILES string of the molecule is CC1(C)CC(=O)C(C(=O)c2ccc(Cl)cc2[N+](=O)[O-])C(=O)N1. The first kappa shape index (κ1) is 16.1. The van der Waals surface area contributed by atoms with Gasteiger partial charge in [-0.2, -0.15) is 0 Å². The first-order valence-corrected chi connectivity index (χ1v) is 6.83. The van der Waals surface area contributed by atoms with Crippen molar-refractivity contribution in [2.24, 2.45) is 5.92 Å². The third kappa shape index (κ3) is 2.99. The molecule has 1 saturated heterocycles. The highest BCUT2D eigenvalue weighted by molar-refractivity contribution is 6.31. The molecule has 1 atom stereocenters. The summed E-state index contributed by atoms with van der Waals surface area (Å²) in [4.78, 5) is 46.8. The van der Waals surface area contributed by atoms with E-state index in [0.29, 0.717) is 0 Å². The van der Waals surface area contributed by atoms with Gasteiger partial charge in [0, 0.05) is 23.0 Å². The monoisotopic (exact) mass is 324 g/mol. The van der Waals surface area contributed by atoms with Gasteiger partial charge in [-0.05, 0) is 26.0 Å². The third-order valence-corrected chi connectivity index (χ3v) is 3.58. The number of Topliss-reactive ketones (excluding diaryl/α,β-unsaturated/α-hetero) is 2. The molecule has 1 heterocycles. The molecule has 1 aromatic rings. The van der Waals surface area contributed by atoms with Crippen LogP contribution in [0, 0.1) is 16.0 Å². The van der Waals surface area contributed by atoms with Crippen LogP contribution in [0.5, 0.6) is 0 Å². The van der Waals surface area contributed by atoms with Crippen molar-refractivity contribution in [3.8, 4) is 0 Å². The number of piperidine rings is 1. The van der Waals surface area contributed by atoms with E-state index in [-0.39, 0.29) is 17.0 Å². The molecule has 1 aliphatic rings. The van der Waals surface area contributed by atoms with E-state index in [2.05, 4.69) is 5.32 Å². The lowest BCUT2D eigenvalue weighted by molar-refractivity contribution is -0.385. The largest absolute Gasteiger partial charge is 0.350 e.